The van der Waals surface area contributed by atoms with Crippen molar-refractivity contribution in [2.24, 2.45) is 0 Å². The lowest BCUT2D eigenvalue weighted by Crippen LogP contribution is -2.13. The van der Waals surface area contributed by atoms with Gasteiger partial charge in [0.1, 0.15) is 23.1 Å². The van der Waals surface area contributed by atoms with Crippen LogP contribution in [-0.2, 0) is 4.74 Å². The van der Waals surface area contributed by atoms with Gasteiger partial charge in [-0.2, -0.15) is 0 Å². The second-order valence-corrected chi connectivity index (χ2v) is 7.20. The quantitative estimate of drug-likeness (QED) is 0.426. The molecule has 2 aromatic carbocycles. The first-order valence-electron chi connectivity index (χ1n) is 9.70. The second kappa shape index (κ2) is 8.29. The van der Waals surface area contributed by atoms with E-state index in [1.165, 1.54) is 0 Å². The van der Waals surface area contributed by atoms with Crippen molar-refractivity contribution in [2.75, 3.05) is 5.32 Å². The zero-order valence-electron chi connectivity index (χ0n) is 16.7. The SMILES string of the molecule is CC(C)OC(=O)c1ccc(NC(c2ccco2)c2ccc3cccnc3c2O)cc1. The molecule has 0 spiro atoms. The number of ether oxygens (including phenoxy) is 1. The minimum Gasteiger partial charge on any atom is -0.505 e. The molecule has 0 radical (unpaired) electrons. The van der Waals surface area contributed by atoms with Gasteiger partial charge in [0.25, 0.3) is 0 Å². The highest BCUT2D eigenvalue weighted by Crippen LogP contribution is 2.36. The maximum absolute atomic E-state index is 12.1. The molecule has 6 nitrogen and oxygen atoms in total. The molecule has 0 saturated carbocycles. The van der Waals surface area contributed by atoms with Crippen molar-refractivity contribution in [3.63, 3.8) is 0 Å². The number of hydrogen-bond acceptors (Lipinski definition) is 6. The highest BCUT2D eigenvalue weighted by Gasteiger charge is 2.22. The molecule has 0 aliphatic rings. The van der Waals surface area contributed by atoms with Crippen molar-refractivity contribution in [2.45, 2.75) is 26.0 Å². The molecule has 0 aliphatic carbocycles. The Bertz CT molecular complexity index is 1150. The predicted molar refractivity (Wildman–Crippen MR) is 115 cm³/mol. The predicted octanol–water partition coefficient (Wildman–Crippen LogP) is 5.30. The Hall–Kier alpha value is -3.80. The first-order chi connectivity index (χ1) is 14.5. The number of aromatic hydroxyl groups is 1. The Balaban J connectivity index is 1.67. The number of hydrogen-bond donors (Lipinski definition) is 2. The summed E-state index contributed by atoms with van der Waals surface area (Å²) in [6, 6.07) is 17.7. The van der Waals surface area contributed by atoms with Gasteiger partial charge in [0, 0.05) is 22.8 Å². The first kappa shape index (κ1) is 19.5. The van der Waals surface area contributed by atoms with E-state index < -0.39 is 6.04 Å². The van der Waals surface area contributed by atoms with Gasteiger partial charge in [-0.3, -0.25) is 4.98 Å². The van der Waals surface area contributed by atoms with E-state index in [0.717, 1.165) is 11.1 Å². The number of nitrogens with zero attached hydrogens (tertiary/aromatic N) is 1. The summed E-state index contributed by atoms with van der Waals surface area (Å²) in [5.41, 5.74) is 2.40. The molecule has 0 aliphatic heterocycles. The molecule has 0 amide bonds. The zero-order chi connectivity index (χ0) is 21.1. The van der Waals surface area contributed by atoms with Crippen LogP contribution in [0.1, 0.15) is 41.6 Å². The van der Waals surface area contributed by atoms with Gasteiger partial charge in [0.15, 0.2) is 0 Å². The summed E-state index contributed by atoms with van der Waals surface area (Å²) in [5.74, 6) is 0.375. The number of phenolic OH excluding ortho intramolecular Hbond substituents is 1. The molecule has 1 atom stereocenters. The number of anilines is 1. The van der Waals surface area contributed by atoms with E-state index in [1.54, 1.807) is 42.8 Å². The Kier molecular flexibility index (Phi) is 5.39. The Morgan fingerprint density at radius 3 is 2.57 bits per heavy atom. The fourth-order valence-electron chi connectivity index (χ4n) is 3.29. The molecule has 0 bridgehead atoms. The number of aromatic nitrogens is 1. The van der Waals surface area contributed by atoms with Gasteiger partial charge >= 0.3 is 5.97 Å². The summed E-state index contributed by atoms with van der Waals surface area (Å²) >= 11 is 0. The molecule has 4 rings (SSSR count). The summed E-state index contributed by atoms with van der Waals surface area (Å²) in [6.07, 6.45) is 3.06. The lowest BCUT2D eigenvalue weighted by atomic mass is 10.0. The fraction of sp³-hybridized carbons (Fsp3) is 0.167. The monoisotopic (exact) mass is 402 g/mol. The summed E-state index contributed by atoms with van der Waals surface area (Å²) in [4.78, 5) is 16.4. The van der Waals surface area contributed by atoms with Crippen LogP contribution in [0.2, 0.25) is 0 Å². The van der Waals surface area contributed by atoms with Crippen LogP contribution in [0.5, 0.6) is 5.75 Å². The Labute approximate surface area is 174 Å². The molecule has 152 valence electrons. The number of benzene rings is 2. The third kappa shape index (κ3) is 3.98. The number of furan rings is 1. The lowest BCUT2D eigenvalue weighted by Gasteiger charge is -2.20. The Morgan fingerprint density at radius 1 is 1.07 bits per heavy atom. The molecule has 30 heavy (non-hydrogen) atoms. The highest BCUT2D eigenvalue weighted by atomic mass is 16.5. The number of fused-ring (bicyclic) bond motifs is 1. The molecule has 0 fully saturated rings. The minimum atomic E-state index is -0.445. The van der Waals surface area contributed by atoms with Crippen molar-refractivity contribution in [1.82, 2.24) is 4.98 Å². The number of esters is 1. The number of rotatable bonds is 6. The van der Waals surface area contributed by atoms with Gasteiger partial charge in [0.2, 0.25) is 0 Å². The van der Waals surface area contributed by atoms with Crippen LogP contribution >= 0.6 is 0 Å². The summed E-state index contributed by atoms with van der Waals surface area (Å²) < 4.78 is 10.9. The van der Waals surface area contributed by atoms with Crippen LogP contribution in [0, 0.1) is 0 Å². The summed E-state index contributed by atoms with van der Waals surface area (Å²) in [5, 5.41) is 15.1. The van der Waals surface area contributed by atoms with Crippen molar-refractivity contribution in [3.05, 3.63) is 90.0 Å². The van der Waals surface area contributed by atoms with E-state index in [-0.39, 0.29) is 17.8 Å². The minimum absolute atomic E-state index is 0.0964. The lowest BCUT2D eigenvalue weighted by molar-refractivity contribution is 0.0378. The largest absolute Gasteiger partial charge is 0.505 e. The maximum atomic E-state index is 12.1. The van der Waals surface area contributed by atoms with Crippen molar-refractivity contribution in [1.29, 1.82) is 0 Å². The average Bonchev–Trinajstić information content (AvgIpc) is 3.27. The van der Waals surface area contributed by atoms with Gasteiger partial charge < -0.3 is 19.6 Å². The van der Waals surface area contributed by atoms with E-state index in [0.29, 0.717) is 22.4 Å². The molecular weight excluding hydrogens is 380 g/mol. The first-order valence-corrected chi connectivity index (χ1v) is 9.70. The van der Waals surface area contributed by atoms with E-state index >= 15 is 0 Å². The fourth-order valence-corrected chi connectivity index (χ4v) is 3.29. The van der Waals surface area contributed by atoms with Crippen molar-refractivity contribution >= 4 is 22.6 Å². The summed E-state index contributed by atoms with van der Waals surface area (Å²) in [7, 11) is 0. The van der Waals surface area contributed by atoms with E-state index in [2.05, 4.69) is 10.3 Å². The second-order valence-electron chi connectivity index (χ2n) is 7.20. The number of carbonyl (C=O) groups is 1. The Morgan fingerprint density at radius 2 is 1.87 bits per heavy atom. The molecule has 0 saturated heterocycles. The highest BCUT2D eigenvalue weighted by molar-refractivity contribution is 5.90. The van der Waals surface area contributed by atoms with E-state index in [1.807, 2.05) is 44.2 Å². The van der Waals surface area contributed by atoms with Crippen LogP contribution in [0.4, 0.5) is 5.69 Å². The van der Waals surface area contributed by atoms with Crippen molar-refractivity contribution < 1.29 is 19.1 Å². The summed E-state index contributed by atoms with van der Waals surface area (Å²) in [6.45, 7) is 3.62. The van der Waals surface area contributed by atoms with Gasteiger partial charge in [-0.05, 0) is 56.3 Å². The van der Waals surface area contributed by atoms with E-state index in [4.69, 9.17) is 9.15 Å². The standard InChI is InChI=1S/C24H22N2O4/c1-15(2)30-24(28)17-7-10-18(11-8-17)26-22(20-6-4-14-29-20)19-12-9-16-5-3-13-25-21(16)23(19)27/h3-15,22,26-27H,1-2H3. The van der Waals surface area contributed by atoms with Crippen LogP contribution in [0.3, 0.4) is 0 Å². The molecule has 6 heteroatoms. The smallest absolute Gasteiger partial charge is 0.338 e. The third-order valence-corrected chi connectivity index (χ3v) is 4.69. The van der Waals surface area contributed by atoms with Gasteiger partial charge in [0.05, 0.1) is 17.9 Å². The molecule has 1 unspecified atom stereocenters. The number of nitrogens with one attached hydrogen (secondary N) is 1. The van der Waals surface area contributed by atoms with Gasteiger partial charge in [-0.25, -0.2) is 4.79 Å². The van der Waals surface area contributed by atoms with Crippen LogP contribution in [0.15, 0.2) is 77.5 Å². The molecular formula is C24H22N2O4. The third-order valence-electron chi connectivity index (χ3n) is 4.69. The van der Waals surface area contributed by atoms with Crippen molar-refractivity contribution in [3.8, 4) is 5.75 Å². The maximum Gasteiger partial charge on any atom is 0.338 e. The van der Waals surface area contributed by atoms with Gasteiger partial charge in [-0.1, -0.05) is 18.2 Å². The zero-order valence-corrected chi connectivity index (χ0v) is 16.7. The van der Waals surface area contributed by atoms with E-state index in [9.17, 15) is 9.90 Å². The topological polar surface area (TPSA) is 84.6 Å². The number of carbonyl (C=O) groups excluding carboxylic acids is 1. The number of pyridine rings is 1. The molecule has 2 heterocycles. The normalized spacial score (nSPS) is 12.1. The van der Waals surface area contributed by atoms with Crippen LogP contribution in [0.25, 0.3) is 10.9 Å². The molecule has 4 aromatic rings. The van der Waals surface area contributed by atoms with Crippen LogP contribution in [-0.4, -0.2) is 22.2 Å². The average molecular weight is 402 g/mol. The van der Waals surface area contributed by atoms with Crippen LogP contribution < -0.4 is 5.32 Å². The number of phenols is 1. The molecule has 2 N–H and O–H groups in total. The van der Waals surface area contributed by atoms with Gasteiger partial charge in [-0.15, -0.1) is 0 Å². The molecule has 2 aromatic heterocycles.